The second-order valence-corrected chi connectivity index (χ2v) is 4.16. The zero-order valence-corrected chi connectivity index (χ0v) is 10.2. The molecule has 88 valence electrons. The van der Waals surface area contributed by atoms with Gasteiger partial charge in [0.2, 0.25) is 0 Å². The third-order valence-corrected chi connectivity index (χ3v) is 2.91. The minimum atomic E-state index is -0.0819. The fourth-order valence-electron chi connectivity index (χ4n) is 1.78. The van der Waals surface area contributed by atoms with Crippen LogP contribution in [-0.4, -0.2) is 7.11 Å². The van der Waals surface area contributed by atoms with Crippen molar-refractivity contribution in [1.29, 1.82) is 0 Å². The molecular formula is C15H17NO. The molecule has 0 amide bonds. The number of rotatable bonds is 3. The standard InChI is InChI=1S/C15H17NO/c1-11-3-5-12(6-4-11)15(16)13-7-9-14(17-2)10-8-13/h3-10,15H,16H2,1-2H3/t15-/m0/s1. The lowest BCUT2D eigenvalue weighted by atomic mass is 9.99. The fourth-order valence-corrected chi connectivity index (χ4v) is 1.78. The van der Waals surface area contributed by atoms with Gasteiger partial charge in [-0.05, 0) is 30.2 Å². The quantitative estimate of drug-likeness (QED) is 0.874. The van der Waals surface area contributed by atoms with Crippen molar-refractivity contribution in [3.8, 4) is 5.75 Å². The van der Waals surface area contributed by atoms with Crippen LogP contribution in [0.4, 0.5) is 0 Å². The average Bonchev–Trinajstić information content (AvgIpc) is 2.39. The number of hydrogen-bond donors (Lipinski definition) is 1. The molecule has 2 rings (SSSR count). The molecule has 1 atom stereocenters. The molecule has 0 fully saturated rings. The van der Waals surface area contributed by atoms with Crippen LogP contribution in [0.3, 0.4) is 0 Å². The molecule has 0 saturated heterocycles. The summed E-state index contributed by atoms with van der Waals surface area (Å²) in [6.45, 7) is 2.07. The van der Waals surface area contributed by atoms with Crippen LogP contribution < -0.4 is 10.5 Å². The highest BCUT2D eigenvalue weighted by molar-refractivity contribution is 5.35. The first kappa shape index (κ1) is 11.7. The Morgan fingerprint density at radius 3 is 1.82 bits per heavy atom. The Bertz CT molecular complexity index is 473. The summed E-state index contributed by atoms with van der Waals surface area (Å²) in [5.41, 5.74) is 9.68. The van der Waals surface area contributed by atoms with Crippen LogP contribution in [0.1, 0.15) is 22.7 Å². The lowest BCUT2D eigenvalue weighted by molar-refractivity contribution is 0.414. The van der Waals surface area contributed by atoms with Crippen molar-refractivity contribution in [2.45, 2.75) is 13.0 Å². The van der Waals surface area contributed by atoms with Crippen LogP contribution >= 0.6 is 0 Å². The van der Waals surface area contributed by atoms with Gasteiger partial charge in [0, 0.05) is 0 Å². The summed E-state index contributed by atoms with van der Waals surface area (Å²) in [4.78, 5) is 0. The van der Waals surface area contributed by atoms with Crippen molar-refractivity contribution in [2.75, 3.05) is 7.11 Å². The van der Waals surface area contributed by atoms with Gasteiger partial charge in [0.1, 0.15) is 5.75 Å². The van der Waals surface area contributed by atoms with Crippen molar-refractivity contribution in [3.63, 3.8) is 0 Å². The third kappa shape index (κ3) is 2.66. The van der Waals surface area contributed by atoms with E-state index in [1.807, 2.05) is 24.3 Å². The van der Waals surface area contributed by atoms with Gasteiger partial charge in [0.15, 0.2) is 0 Å². The molecule has 0 aliphatic carbocycles. The molecule has 0 unspecified atom stereocenters. The lowest BCUT2D eigenvalue weighted by Crippen LogP contribution is -2.11. The van der Waals surface area contributed by atoms with Gasteiger partial charge >= 0.3 is 0 Å². The molecule has 2 aromatic rings. The molecule has 2 aromatic carbocycles. The van der Waals surface area contributed by atoms with E-state index in [9.17, 15) is 0 Å². The molecule has 0 saturated carbocycles. The zero-order chi connectivity index (χ0) is 12.3. The van der Waals surface area contributed by atoms with Crippen LogP contribution in [0, 0.1) is 6.92 Å². The normalized spacial score (nSPS) is 12.2. The Hall–Kier alpha value is -1.80. The van der Waals surface area contributed by atoms with E-state index in [4.69, 9.17) is 10.5 Å². The molecule has 0 aliphatic rings. The topological polar surface area (TPSA) is 35.2 Å². The molecule has 0 spiro atoms. The molecule has 0 aromatic heterocycles. The molecule has 0 bridgehead atoms. The monoisotopic (exact) mass is 227 g/mol. The summed E-state index contributed by atoms with van der Waals surface area (Å²) in [7, 11) is 1.66. The van der Waals surface area contributed by atoms with E-state index in [0.29, 0.717) is 0 Å². The third-order valence-electron chi connectivity index (χ3n) is 2.91. The van der Waals surface area contributed by atoms with Crippen LogP contribution in [0.15, 0.2) is 48.5 Å². The first-order chi connectivity index (χ1) is 8.20. The summed E-state index contributed by atoms with van der Waals surface area (Å²) in [5, 5.41) is 0. The van der Waals surface area contributed by atoms with E-state index in [0.717, 1.165) is 16.9 Å². The van der Waals surface area contributed by atoms with E-state index in [2.05, 4.69) is 31.2 Å². The molecular weight excluding hydrogens is 210 g/mol. The van der Waals surface area contributed by atoms with Gasteiger partial charge in [-0.1, -0.05) is 42.0 Å². The summed E-state index contributed by atoms with van der Waals surface area (Å²) < 4.78 is 5.13. The molecule has 2 N–H and O–H groups in total. The average molecular weight is 227 g/mol. The highest BCUT2D eigenvalue weighted by Crippen LogP contribution is 2.22. The second kappa shape index (κ2) is 5.02. The zero-order valence-electron chi connectivity index (χ0n) is 10.2. The van der Waals surface area contributed by atoms with Gasteiger partial charge in [-0.25, -0.2) is 0 Å². The number of aryl methyl sites for hydroxylation is 1. The highest BCUT2D eigenvalue weighted by Gasteiger charge is 2.08. The maximum atomic E-state index is 6.22. The fraction of sp³-hybridized carbons (Fsp3) is 0.200. The van der Waals surface area contributed by atoms with Gasteiger partial charge in [-0.3, -0.25) is 0 Å². The van der Waals surface area contributed by atoms with E-state index in [-0.39, 0.29) is 6.04 Å². The molecule has 17 heavy (non-hydrogen) atoms. The summed E-state index contributed by atoms with van der Waals surface area (Å²) in [6, 6.07) is 16.1. The predicted molar refractivity (Wildman–Crippen MR) is 70.2 cm³/mol. The van der Waals surface area contributed by atoms with Crippen LogP contribution in [0.25, 0.3) is 0 Å². The van der Waals surface area contributed by atoms with Gasteiger partial charge in [0.05, 0.1) is 13.2 Å². The Morgan fingerprint density at radius 1 is 0.882 bits per heavy atom. The molecule has 0 heterocycles. The van der Waals surface area contributed by atoms with Crippen molar-refractivity contribution in [3.05, 3.63) is 65.2 Å². The highest BCUT2D eigenvalue weighted by atomic mass is 16.5. The maximum Gasteiger partial charge on any atom is 0.118 e. The number of benzene rings is 2. The first-order valence-corrected chi connectivity index (χ1v) is 5.67. The first-order valence-electron chi connectivity index (χ1n) is 5.67. The summed E-state index contributed by atoms with van der Waals surface area (Å²) >= 11 is 0. The van der Waals surface area contributed by atoms with Gasteiger partial charge in [-0.2, -0.15) is 0 Å². The SMILES string of the molecule is COc1ccc([C@@H](N)c2ccc(C)cc2)cc1. The Morgan fingerprint density at radius 2 is 1.35 bits per heavy atom. The number of nitrogens with two attached hydrogens (primary N) is 1. The van der Waals surface area contributed by atoms with Gasteiger partial charge < -0.3 is 10.5 Å². The molecule has 0 radical (unpaired) electrons. The van der Waals surface area contributed by atoms with Crippen molar-refractivity contribution < 1.29 is 4.74 Å². The smallest absolute Gasteiger partial charge is 0.118 e. The Kier molecular flexibility index (Phi) is 3.45. The van der Waals surface area contributed by atoms with E-state index >= 15 is 0 Å². The van der Waals surface area contributed by atoms with Gasteiger partial charge in [-0.15, -0.1) is 0 Å². The maximum absolute atomic E-state index is 6.22. The minimum Gasteiger partial charge on any atom is -0.497 e. The Labute approximate surface area is 102 Å². The largest absolute Gasteiger partial charge is 0.497 e. The number of hydrogen-bond acceptors (Lipinski definition) is 2. The molecule has 0 aliphatic heterocycles. The lowest BCUT2D eigenvalue weighted by Gasteiger charge is -2.13. The summed E-state index contributed by atoms with van der Waals surface area (Å²) in [6.07, 6.45) is 0. The second-order valence-electron chi connectivity index (χ2n) is 4.16. The van der Waals surface area contributed by atoms with Crippen LogP contribution in [0.2, 0.25) is 0 Å². The number of methoxy groups -OCH3 is 1. The van der Waals surface area contributed by atoms with Crippen molar-refractivity contribution >= 4 is 0 Å². The minimum absolute atomic E-state index is 0.0819. The number of ether oxygens (including phenoxy) is 1. The Balaban J connectivity index is 2.23. The summed E-state index contributed by atoms with van der Waals surface area (Å²) in [5.74, 6) is 0.852. The van der Waals surface area contributed by atoms with E-state index in [1.165, 1.54) is 5.56 Å². The van der Waals surface area contributed by atoms with Crippen molar-refractivity contribution in [2.24, 2.45) is 5.73 Å². The molecule has 2 nitrogen and oxygen atoms in total. The van der Waals surface area contributed by atoms with E-state index < -0.39 is 0 Å². The van der Waals surface area contributed by atoms with Crippen molar-refractivity contribution in [1.82, 2.24) is 0 Å². The van der Waals surface area contributed by atoms with E-state index in [1.54, 1.807) is 7.11 Å². The van der Waals surface area contributed by atoms with Gasteiger partial charge in [0.25, 0.3) is 0 Å². The van der Waals surface area contributed by atoms with Crippen LogP contribution in [0.5, 0.6) is 5.75 Å². The predicted octanol–water partition coefficient (Wildman–Crippen LogP) is 3.05. The molecule has 2 heteroatoms. The van der Waals surface area contributed by atoms with Crippen LogP contribution in [-0.2, 0) is 0 Å².